The highest BCUT2D eigenvalue weighted by Crippen LogP contribution is 2.22. The molecule has 8 nitrogen and oxygen atoms in total. The topological polar surface area (TPSA) is 97.2 Å². The smallest absolute Gasteiger partial charge is 0.288 e. The van der Waals surface area contributed by atoms with Gasteiger partial charge in [0.2, 0.25) is 11.8 Å². The number of carbonyl (C=O) groups excluding carboxylic acids is 3. The summed E-state index contributed by atoms with van der Waals surface area (Å²) in [7, 11) is 1.77. The van der Waals surface area contributed by atoms with E-state index >= 15 is 0 Å². The van der Waals surface area contributed by atoms with Crippen molar-refractivity contribution in [2.24, 2.45) is 7.05 Å². The van der Waals surface area contributed by atoms with Gasteiger partial charge in [-0.1, -0.05) is 23.5 Å². The van der Waals surface area contributed by atoms with E-state index in [2.05, 4.69) is 15.5 Å². The van der Waals surface area contributed by atoms with Gasteiger partial charge >= 0.3 is 0 Å². The molecule has 0 saturated carbocycles. The summed E-state index contributed by atoms with van der Waals surface area (Å²) in [5.74, 6) is 0.0423. The minimum Gasteiger partial charge on any atom is -0.354 e. The molecule has 1 saturated heterocycles. The fourth-order valence-corrected chi connectivity index (χ4v) is 3.87. The maximum atomic E-state index is 13.0. The lowest BCUT2D eigenvalue weighted by Crippen LogP contribution is -2.38. The summed E-state index contributed by atoms with van der Waals surface area (Å²) in [6.45, 7) is 0.372. The molecule has 11 heteroatoms. The molecule has 0 radical (unpaired) electrons. The fourth-order valence-electron chi connectivity index (χ4n) is 2.38. The third-order valence-electron chi connectivity index (χ3n) is 3.77. The number of hydrogen-bond donors (Lipinski definition) is 1. The van der Waals surface area contributed by atoms with Gasteiger partial charge in [-0.25, -0.2) is 4.39 Å². The lowest BCUT2D eigenvalue weighted by atomic mass is 10.2. The molecule has 1 aliphatic rings. The molecule has 1 aromatic heterocycles. The maximum absolute atomic E-state index is 13.0. The van der Waals surface area contributed by atoms with Crippen LogP contribution in [0.2, 0.25) is 0 Å². The highest BCUT2D eigenvalue weighted by atomic mass is 32.2. The zero-order valence-electron chi connectivity index (χ0n) is 14.3. The van der Waals surface area contributed by atoms with Crippen molar-refractivity contribution >= 4 is 40.6 Å². The minimum absolute atomic E-state index is 0.117. The number of nitrogens with zero attached hydrogens (tertiary/aromatic N) is 4. The summed E-state index contributed by atoms with van der Waals surface area (Å²) in [6.07, 6.45) is 0. The lowest BCUT2D eigenvalue weighted by Gasteiger charge is -2.12. The Bertz CT molecular complexity index is 855. The van der Waals surface area contributed by atoms with Crippen molar-refractivity contribution in [3.05, 3.63) is 30.1 Å². The molecule has 2 aromatic rings. The van der Waals surface area contributed by atoms with Crippen LogP contribution in [-0.4, -0.2) is 61.3 Å². The van der Waals surface area contributed by atoms with E-state index in [0.717, 1.165) is 22.2 Å². The zero-order valence-corrected chi connectivity index (χ0v) is 16.0. The fraction of sp³-hybridized carbons (Fsp3) is 0.312. The molecule has 1 aromatic carbocycles. The van der Waals surface area contributed by atoms with Gasteiger partial charge in [-0.15, -0.1) is 10.2 Å². The summed E-state index contributed by atoms with van der Waals surface area (Å²) in [4.78, 5) is 36.0. The number of nitrogens with one attached hydrogen (secondary N) is 1. The molecular formula is C16H16FN5O3S2. The monoisotopic (exact) mass is 409 g/mol. The predicted molar refractivity (Wildman–Crippen MR) is 99.7 cm³/mol. The first-order chi connectivity index (χ1) is 13.0. The van der Waals surface area contributed by atoms with Crippen LogP contribution in [0.15, 0.2) is 29.4 Å². The Morgan fingerprint density at radius 3 is 2.70 bits per heavy atom. The first-order valence-corrected chi connectivity index (χ1v) is 9.95. The van der Waals surface area contributed by atoms with Gasteiger partial charge in [-0.05, 0) is 24.3 Å². The summed E-state index contributed by atoms with van der Waals surface area (Å²) >= 11 is 2.17. The van der Waals surface area contributed by atoms with Crippen LogP contribution < -0.4 is 5.32 Å². The van der Waals surface area contributed by atoms with E-state index in [-0.39, 0.29) is 47.5 Å². The molecule has 27 heavy (non-hydrogen) atoms. The van der Waals surface area contributed by atoms with Crippen LogP contribution in [0.4, 0.5) is 9.18 Å². The summed E-state index contributed by atoms with van der Waals surface area (Å²) < 4.78 is 14.8. The molecule has 2 heterocycles. The second-order valence-corrected chi connectivity index (χ2v) is 7.48. The molecule has 1 N–H and O–H groups in total. The van der Waals surface area contributed by atoms with Crippen molar-refractivity contribution < 1.29 is 18.8 Å². The average Bonchev–Trinajstić information content (AvgIpc) is 3.17. The number of hydrogen-bond acceptors (Lipinski definition) is 7. The first-order valence-electron chi connectivity index (χ1n) is 7.97. The van der Waals surface area contributed by atoms with Crippen molar-refractivity contribution in [3.63, 3.8) is 0 Å². The van der Waals surface area contributed by atoms with Gasteiger partial charge in [0.25, 0.3) is 5.24 Å². The Morgan fingerprint density at radius 2 is 2.04 bits per heavy atom. The summed E-state index contributed by atoms with van der Waals surface area (Å²) in [5, 5.41) is 11.1. The molecule has 0 unspecified atom stereocenters. The van der Waals surface area contributed by atoms with Crippen LogP contribution in [0, 0.1) is 5.82 Å². The van der Waals surface area contributed by atoms with E-state index in [1.807, 2.05) is 0 Å². The van der Waals surface area contributed by atoms with Gasteiger partial charge in [-0.3, -0.25) is 19.3 Å². The predicted octanol–water partition coefficient (Wildman–Crippen LogP) is 1.52. The summed E-state index contributed by atoms with van der Waals surface area (Å²) in [6, 6.07) is 5.91. The second kappa shape index (κ2) is 8.53. The minimum atomic E-state index is -0.330. The van der Waals surface area contributed by atoms with Crippen LogP contribution in [0.25, 0.3) is 11.4 Å². The van der Waals surface area contributed by atoms with Gasteiger partial charge in [0, 0.05) is 25.7 Å². The average molecular weight is 409 g/mol. The zero-order chi connectivity index (χ0) is 19.4. The van der Waals surface area contributed by atoms with Crippen molar-refractivity contribution in [2.45, 2.75) is 5.16 Å². The summed E-state index contributed by atoms with van der Waals surface area (Å²) in [5.41, 5.74) is 0.723. The van der Waals surface area contributed by atoms with E-state index in [1.54, 1.807) is 23.7 Å². The van der Waals surface area contributed by atoms with Gasteiger partial charge in [-0.2, -0.15) is 0 Å². The molecule has 0 spiro atoms. The Hall–Kier alpha value is -2.40. The molecule has 0 aliphatic carbocycles. The quantitative estimate of drug-likeness (QED) is 0.693. The number of thioether (sulfide) groups is 2. The number of aromatic nitrogens is 3. The molecule has 0 atom stereocenters. The van der Waals surface area contributed by atoms with Crippen LogP contribution in [0.3, 0.4) is 0 Å². The van der Waals surface area contributed by atoms with Crippen molar-refractivity contribution in [1.29, 1.82) is 0 Å². The van der Waals surface area contributed by atoms with Crippen LogP contribution in [0.1, 0.15) is 0 Å². The standard InChI is InChI=1S/C16H16FN5O3S2/c1-21-14(10-2-4-11(17)5-3-10)19-20-15(21)26-8-12(23)18-6-7-22-13(24)9-27-16(22)25/h2-5H,6-9H2,1H3,(H,18,23). The molecule has 1 fully saturated rings. The third kappa shape index (κ3) is 4.66. The third-order valence-corrected chi connectivity index (χ3v) is 5.65. The Morgan fingerprint density at radius 1 is 1.30 bits per heavy atom. The Balaban J connectivity index is 1.48. The normalized spacial score (nSPS) is 14.1. The van der Waals surface area contributed by atoms with E-state index in [9.17, 15) is 18.8 Å². The van der Waals surface area contributed by atoms with E-state index in [4.69, 9.17) is 0 Å². The van der Waals surface area contributed by atoms with E-state index in [0.29, 0.717) is 11.0 Å². The lowest BCUT2D eigenvalue weighted by molar-refractivity contribution is -0.125. The van der Waals surface area contributed by atoms with Gasteiger partial charge in [0.05, 0.1) is 11.5 Å². The van der Waals surface area contributed by atoms with Crippen molar-refractivity contribution in [3.8, 4) is 11.4 Å². The number of benzene rings is 1. The highest BCUT2D eigenvalue weighted by molar-refractivity contribution is 8.14. The molecule has 3 amide bonds. The molecule has 3 rings (SSSR count). The van der Waals surface area contributed by atoms with Crippen LogP contribution >= 0.6 is 23.5 Å². The number of imide groups is 1. The largest absolute Gasteiger partial charge is 0.354 e. The number of carbonyl (C=O) groups is 3. The number of halogens is 1. The number of rotatable bonds is 7. The Kier molecular flexibility index (Phi) is 6.11. The van der Waals surface area contributed by atoms with Crippen LogP contribution in [-0.2, 0) is 16.6 Å². The maximum Gasteiger partial charge on any atom is 0.288 e. The molecule has 1 aliphatic heterocycles. The highest BCUT2D eigenvalue weighted by Gasteiger charge is 2.29. The molecule has 0 bridgehead atoms. The SMILES string of the molecule is Cn1c(SCC(=O)NCCN2C(=O)CSC2=O)nnc1-c1ccc(F)cc1. The van der Waals surface area contributed by atoms with Gasteiger partial charge < -0.3 is 9.88 Å². The number of amides is 3. The van der Waals surface area contributed by atoms with E-state index in [1.165, 1.54) is 23.9 Å². The van der Waals surface area contributed by atoms with E-state index < -0.39 is 0 Å². The Labute approximate surface area is 162 Å². The van der Waals surface area contributed by atoms with Crippen molar-refractivity contribution in [2.75, 3.05) is 24.6 Å². The van der Waals surface area contributed by atoms with Crippen molar-refractivity contribution in [1.82, 2.24) is 25.0 Å². The first kappa shape index (κ1) is 19.4. The second-order valence-electron chi connectivity index (χ2n) is 5.61. The van der Waals surface area contributed by atoms with Crippen LogP contribution in [0.5, 0.6) is 0 Å². The van der Waals surface area contributed by atoms with Gasteiger partial charge in [0.1, 0.15) is 5.82 Å². The van der Waals surface area contributed by atoms with Gasteiger partial charge in [0.15, 0.2) is 11.0 Å². The molecular weight excluding hydrogens is 393 g/mol. The molecule has 142 valence electrons.